The van der Waals surface area contributed by atoms with Crippen LogP contribution < -0.4 is 5.32 Å². The number of hydrogen-bond acceptors (Lipinski definition) is 2. The third kappa shape index (κ3) is 4.22. The van der Waals surface area contributed by atoms with Crippen LogP contribution in [0.1, 0.15) is 27.2 Å². The summed E-state index contributed by atoms with van der Waals surface area (Å²) in [7, 11) is 0.487. The molecular weight excluding hydrogens is 198 g/mol. The first-order valence-electron chi connectivity index (χ1n) is 4.95. The van der Waals surface area contributed by atoms with Crippen LogP contribution in [0.2, 0.25) is 0 Å². The predicted octanol–water partition coefficient (Wildman–Crippen LogP) is 1.53. The van der Waals surface area contributed by atoms with E-state index in [4.69, 9.17) is 4.74 Å². The molecule has 1 N–H and O–H groups in total. The van der Waals surface area contributed by atoms with Gasteiger partial charge in [0.05, 0.1) is 12.3 Å². The van der Waals surface area contributed by atoms with Gasteiger partial charge in [-0.05, 0) is 31.7 Å². The predicted molar refractivity (Wildman–Crippen MR) is 60.8 cm³/mol. The first-order chi connectivity index (χ1) is 6.37. The second kappa shape index (κ2) is 4.43. The van der Waals surface area contributed by atoms with Crippen molar-refractivity contribution in [3.63, 3.8) is 0 Å². The molecule has 2 unspecified atom stereocenters. The Morgan fingerprint density at radius 1 is 1.50 bits per heavy atom. The van der Waals surface area contributed by atoms with E-state index < -0.39 is 5.60 Å². The lowest BCUT2D eigenvalue weighted by atomic mass is 10.2. The molecule has 1 aliphatic heterocycles. The van der Waals surface area contributed by atoms with Crippen molar-refractivity contribution in [3.8, 4) is 0 Å². The van der Waals surface area contributed by atoms with Crippen molar-refractivity contribution in [2.24, 2.45) is 0 Å². The summed E-state index contributed by atoms with van der Waals surface area (Å²) in [6, 6.07) is 0.332. The second-order valence-corrected chi connectivity index (χ2v) is 7.09. The van der Waals surface area contributed by atoms with Gasteiger partial charge in [0.25, 0.3) is 0 Å². The maximum Gasteiger partial charge on any atom is 0.408 e. The summed E-state index contributed by atoms with van der Waals surface area (Å²) < 4.78 is 5.19. The van der Waals surface area contributed by atoms with Gasteiger partial charge in [0.2, 0.25) is 0 Å². The van der Waals surface area contributed by atoms with Crippen molar-refractivity contribution in [1.29, 1.82) is 0 Å². The Labute approximate surface area is 88.9 Å². The van der Waals surface area contributed by atoms with Crippen LogP contribution in [0.4, 0.5) is 4.79 Å². The summed E-state index contributed by atoms with van der Waals surface area (Å²) in [6.45, 7) is 5.64. The minimum Gasteiger partial charge on any atom is -0.444 e. The highest BCUT2D eigenvalue weighted by atomic mass is 32.2. The summed E-state index contributed by atoms with van der Waals surface area (Å²) in [6.07, 6.45) is 3.07. The molecule has 4 heteroatoms. The van der Waals surface area contributed by atoms with Gasteiger partial charge >= 0.3 is 6.09 Å². The highest BCUT2D eigenvalue weighted by Crippen LogP contribution is 2.13. The summed E-state index contributed by atoms with van der Waals surface area (Å²) in [5.41, 5.74) is -0.392. The van der Waals surface area contributed by atoms with E-state index >= 15 is 0 Å². The van der Waals surface area contributed by atoms with Crippen LogP contribution in [-0.4, -0.2) is 35.5 Å². The summed E-state index contributed by atoms with van der Waals surface area (Å²) in [5, 5.41) is 2.91. The highest BCUT2D eigenvalue weighted by molar-refractivity contribution is 7.96. The topological polar surface area (TPSA) is 38.3 Å². The van der Waals surface area contributed by atoms with E-state index in [0.29, 0.717) is 16.9 Å². The molecule has 2 atom stereocenters. The normalized spacial score (nSPS) is 27.4. The highest BCUT2D eigenvalue weighted by Gasteiger charge is 2.31. The van der Waals surface area contributed by atoms with E-state index in [-0.39, 0.29) is 6.09 Å². The van der Waals surface area contributed by atoms with Gasteiger partial charge in [-0.25, -0.2) is 4.79 Å². The molecule has 1 aliphatic rings. The Hall–Kier alpha value is -0.380. The molecule has 0 spiro atoms. The van der Waals surface area contributed by atoms with E-state index in [2.05, 4.69) is 11.6 Å². The number of ether oxygens (including phenoxy) is 1. The molecule has 14 heavy (non-hydrogen) atoms. The molecule has 0 aromatic carbocycles. The maximum atomic E-state index is 11.4. The van der Waals surface area contributed by atoms with Crippen LogP contribution in [0.25, 0.3) is 0 Å². The molecule has 1 rings (SSSR count). The Bertz CT molecular complexity index is 213. The van der Waals surface area contributed by atoms with E-state index in [1.165, 1.54) is 5.75 Å². The Morgan fingerprint density at radius 2 is 2.14 bits per heavy atom. The number of amides is 1. The summed E-state index contributed by atoms with van der Waals surface area (Å²) in [4.78, 5) is 11.4. The molecule has 0 aromatic heterocycles. The lowest BCUT2D eigenvalue weighted by Gasteiger charge is -2.20. The number of hydrogen-bond donors (Lipinski definition) is 1. The third-order valence-corrected chi connectivity index (χ3v) is 3.93. The SMILES string of the molecule is C[S+]1CCC(NC(=O)OC(C)(C)C)C1. The number of rotatable bonds is 1. The van der Waals surface area contributed by atoms with Crippen molar-refractivity contribution in [3.05, 3.63) is 0 Å². The fraction of sp³-hybridized carbons (Fsp3) is 0.900. The molecular formula is C10H20NO2S+. The second-order valence-electron chi connectivity index (χ2n) is 4.78. The van der Waals surface area contributed by atoms with Crippen molar-refractivity contribution >= 4 is 17.0 Å². The van der Waals surface area contributed by atoms with Crippen LogP contribution in [0.15, 0.2) is 0 Å². The average Bonchev–Trinajstić information content (AvgIpc) is 2.30. The fourth-order valence-electron chi connectivity index (χ4n) is 1.44. The standard InChI is InChI=1S/C10H19NO2S/c1-10(2,3)13-9(12)11-8-5-6-14(4)7-8/h8H,5-7H2,1-4H3/p+1. The minimum absolute atomic E-state index is 0.276. The molecule has 82 valence electrons. The van der Waals surface area contributed by atoms with Crippen molar-refractivity contribution < 1.29 is 9.53 Å². The maximum absolute atomic E-state index is 11.4. The van der Waals surface area contributed by atoms with Crippen molar-refractivity contribution in [2.75, 3.05) is 17.8 Å². The molecule has 0 radical (unpaired) electrons. The smallest absolute Gasteiger partial charge is 0.408 e. The molecule has 1 heterocycles. The van der Waals surface area contributed by atoms with Gasteiger partial charge in [0.1, 0.15) is 17.1 Å². The number of alkyl carbamates (subject to hydrolysis) is 1. The van der Waals surface area contributed by atoms with E-state index in [1.54, 1.807) is 0 Å². The van der Waals surface area contributed by atoms with Gasteiger partial charge < -0.3 is 10.1 Å². The molecule has 3 nitrogen and oxygen atoms in total. The third-order valence-electron chi connectivity index (χ3n) is 2.02. The molecule has 0 aromatic rings. The lowest BCUT2D eigenvalue weighted by molar-refractivity contribution is 0.0510. The Kier molecular flexibility index (Phi) is 3.70. The fourth-order valence-corrected chi connectivity index (χ4v) is 3.23. The molecule has 0 saturated carbocycles. The monoisotopic (exact) mass is 218 g/mol. The molecule has 1 fully saturated rings. The van der Waals surface area contributed by atoms with E-state index in [0.717, 1.165) is 12.2 Å². The molecule has 0 aliphatic carbocycles. The Balaban J connectivity index is 2.27. The zero-order chi connectivity index (χ0) is 10.8. The van der Waals surface area contributed by atoms with Crippen LogP contribution in [-0.2, 0) is 15.6 Å². The Morgan fingerprint density at radius 3 is 2.57 bits per heavy atom. The van der Waals surface area contributed by atoms with Gasteiger partial charge in [0, 0.05) is 6.42 Å². The van der Waals surface area contributed by atoms with Gasteiger partial charge in [-0.1, -0.05) is 0 Å². The average molecular weight is 218 g/mol. The number of nitrogens with one attached hydrogen (secondary N) is 1. The van der Waals surface area contributed by atoms with E-state index in [9.17, 15) is 4.79 Å². The largest absolute Gasteiger partial charge is 0.444 e. The molecule has 1 saturated heterocycles. The zero-order valence-electron chi connectivity index (χ0n) is 9.42. The number of carbonyl (C=O) groups is 1. The lowest BCUT2D eigenvalue weighted by Crippen LogP contribution is -2.39. The minimum atomic E-state index is -0.392. The van der Waals surface area contributed by atoms with Crippen LogP contribution in [0, 0.1) is 0 Å². The van der Waals surface area contributed by atoms with Gasteiger partial charge in [-0.3, -0.25) is 0 Å². The quantitative estimate of drug-likeness (QED) is 0.678. The van der Waals surface area contributed by atoms with Crippen molar-refractivity contribution in [2.45, 2.75) is 38.8 Å². The van der Waals surface area contributed by atoms with E-state index in [1.807, 2.05) is 20.8 Å². The molecule has 1 amide bonds. The van der Waals surface area contributed by atoms with Crippen molar-refractivity contribution in [1.82, 2.24) is 5.32 Å². The van der Waals surface area contributed by atoms with Gasteiger partial charge in [0.15, 0.2) is 0 Å². The van der Waals surface area contributed by atoms with Crippen LogP contribution in [0.5, 0.6) is 0 Å². The summed E-state index contributed by atoms with van der Waals surface area (Å²) >= 11 is 0. The molecule has 0 bridgehead atoms. The van der Waals surface area contributed by atoms with Gasteiger partial charge in [-0.15, -0.1) is 0 Å². The number of carbonyl (C=O) groups excluding carboxylic acids is 1. The summed E-state index contributed by atoms with van der Waals surface area (Å²) in [5.74, 6) is 2.35. The zero-order valence-corrected chi connectivity index (χ0v) is 10.2. The first-order valence-corrected chi connectivity index (χ1v) is 6.92. The van der Waals surface area contributed by atoms with Gasteiger partial charge in [-0.2, -0.15) is 0 Å². The first kappa shape index (κ1) is 11.7. The van der Waals surface area contributed by atoms with Crippen LogP contribution >= 0.6 is 0 Å². The van der Waals surface area contributed by atoms with Crippen LogP contribution in [0.3, 0.4) is 0 Å².